The number of nitrogens with zero attached hydrogens (tertiary/aromatic N) is 2. The highest BCUT2D eigenvalue weighted by Gasteiger charge is 2.21. The minimum absolute atomic E-state index is 0.0119. The Morgan fingerprint density at radius 2 is 1.44 bits per heavy atom. The van der Waals surface area contributed by atoms with Gasteiger partial charge in [0.15, 0.2) is 0 Å². The molecule has 0 unspecified atom stereocenters. The number of ether oxygens (including phenoxy) is 2. The summed E-state index contributed by atoms with van der Waals surface area (Å²) in [4.78, 5) is 16.6. The Morgan fingerprint density at radius 1 is 0.889 bits per heavy atom. The number of hydrogen-bond donors (Lipinski definition) is 1. The van der Waals surface area contributed by atoms with Crippen molar-refractivity contribution in [2.45, 2.75) is 6.42 Å². The summed E-state index contributed by atoms with van der Waals surface area (Å²) >= 11 is 0. The average Bonchev–Trinajstić information content (AvgIpc) is 2.74. The first-order valence-corrected chi connectivity index (χ1v) is 9.24. The van der Waals surface area contributed by atoms with Crippen LogP contribution in [0.2, 0.25) is 0 Å². The number of amides is 2. The maximum atomic E-state index is 12.4. The van der Waals surface area contributed by atoms with Gasteiger partial charge in [0, 0.05) is 38.4 Å². The minimum Gasteiger partial charge on any atom is -0.497 e. The fourth-order valence-electron chi connectivity index (χ4n) is 3.18. The number of carbonyl (C=O) groups excluding carboxylic acids is 1. The second-order valence-corrected chi connectivity index (χ2v) is 6.50. The normalized spacial score (nSPS) is 14.0. The first-order valence-electron chi connectivity index (χ1n) is 9.24. The van der Waals surface area contributed by atoms with Gasteiger partial charge in [-0.3, -0.25) is 0 Å². The summed E-state index contributed by atoms with van der Waals surface area (Å²) in [6.07, 6.45) is 0.807. The molecule has 1 saturated heterocycles. The van der Waals surface area contributed by atoms with E-state index in [9.17, 15) is 4.79 Å². The molecular weight excluding hydrogens is 342 g/mol. The van der Waals surface area contributed by atoms with Crippen molar-refractivity contribution >= 4 is 11.7 Å². The van der Waals surface area contributed by atoms with Crippen molar-refractivity contribution in [3.8, 4) is 11.5 Å². The molecule has 1 N–H and O–H groups in total. The smallest absolute Gasteiger partial charge is 0.317 e. The van der Waals surface area contributed by atoms with Crippen LogP contribution < -0.4 is 19.7 Å². The molecule has 2 aromatic carbocycles. The SMILES string of the molecule is COc1ccc(CCNC(=O)N2CCN(c3ccc(OC)cc3)CC2)cc1. The number of nitrogens with one attached hydrogen (secondary N) is 1. The molecule has 1 heterocycles. The highest BCUT2D eigenvalue weighted by atomic mass is 16.5. The summed E-state index contributed by atoms with van der Waals surface area (Å²) in [6.45, 7) is 3.74. The third-order valence-corrected chi connectivity index (χ3v) is 4.85. The monoisotopic (exact) mass is 369 g/mol. The molecule has 0 atom stereocenters. The maximum absolute atomic E-state index is 12.4. The van der Waals surface area contributed by atoms with Gasteiger partial charge in [0.05, 0.1) is 14.2 Å². The summed E-state index contributed by atoms with van der Waals surface area (Å²) in [5, 5.41) is 3.02. The standard InChI is InChI=1S/C21H27N3O3/c1-26-19-7-3-17(4-8-19)11-12-22-21(25)24-15-13-23(14-16-24)18-5-9-20(27-2)10-6-18/h3-10H,11-16H2,1-2H3,(H,22,25). The summed E-state index contributed by atoms with van der Waals surface area (Å²) in [7, 11) is 3.32. The van der Waals surface area contributed by atoms with Crippen molar-refractivity contribution in [3.05, 3.63) is 54.1 Å². The number of piperazine rings is 1. The van der Waals surface area contributed by atoms with Gasteiger partial charge in [-0.1, -0.05) is 12.1 Å². The van der Waals surface area contributed by atoms with E-state index in [0.717, 1.165) is 49.8 Å². The quantitative estimate of drug-likeness (QED) is 0.851. The van der Waals surface area contributed by atoms with Gasteiger partial charge >= 0.3 is 6.03 Å². The second kappa shape index (κ2) is 9.16. The van der Waals surface area contributed by atoms with E-state index in [1.807, 2.05) is 41.3 Å². The van der Waals surface area contributed by atoms with E-state index >= 15 is 0 Å². The van der Waals surface area contributed by atoms with Crippen molar-refractivity contribution in [1.29, 1.82) is 0 Å². The summed E-state index contributed by atoms with van der Waals surface area (Å²) in [5.41, 5.74) is 2.34. The molecule has 0 radical (unpaired) electrons. The third-order valence-electron chi connectivity index (χ3n) is 4.85. The Morgan fingerprint density at radius 3 is 2.00 bits per heavy atom. The topological polar surface area (TPSA) is 54.0 Å². The van der Waals surface area contributed by atoms with Crippen LogP contribution in [-0.2, 0) is 6.42 Å². The van der Waals surface area contributed by atoms with E-state index in [2.05, 4.69) is 22.3 Å². The minimum atomic E-state index is 0.0119. The van der Waals surface area contributed by atoms with E-state index in [4.69, 9.17) is 9.47 Å². The Bertz CT molecular complexity index is 723. The highest BCUT2D eigenvalue weighted by Crippen LogP contribution is 2.20. The molecule has 27 heavy (non-hydrogen) atoms. The number of anilines is 1. The zero-order chi connectivity index (χ0) is 19.1. The van der Waals surface area contributed by atoms with Crippen molar-refractivity contribution < 1.29 is 14.3 Å². The molecule has 1 aliphatic heterocycles. The van der Waals surface area contributed by atoms with Gasteiger partial charge in [-0.05, 0) is 48.4 Å². The second-order valence-electron chi connectivity index (χ2n) is 6.50. The Kier molecular flexibility index (Phi) is 6.41. The predicted molar refractivity (Wildman–Crippen MR) is 107 cm³/mol. The molecule has 144 valence electrons. The summed E-state index contributed by atoms with van der Waals surface area (Å²) in [6, 6.07) is 16.0. The van der Waals surface area contributed by atoms with E-state index in [-0.39, 0.29) is 6.03 Å². The Hall–Kier alpha value is -2.89. The molecule has 0 saturated carbocycles. The van der Waals surface area contributed by atoms with Crippen LogP contribution >= 0.6 is 0 Å². The predicted octanol–water partition coefficient (Wildman–Crippen LogP) is 2.78. The number of urea groups is 1. The first-order chi connectivity index (χ1) is 13.2. The molecule has 6 nitrogen and oxygen atoms in total. The molecule has 2 amide bonds. The van der Waals surface area contributed by atoms with Crippen LogP contribution in [0.15, 0.2) is 48.5 Å². The number of carbonyl (C=O) groups is 1. The Balaban J connectivity index is 1.41. The average molecular weight is 369 g/mol. The molecule has 3 rings (SSSR count). The number of hydrogen-bond acceptors (Lipinski definition) is 4. The van der Waals surface area contributed by atoms with Gasteiger partial charge in [0.25, 0.3) is 0 Å². The van der Waals surface area contributed by atoms with Crippen LogP contribution in [0.3, 0.4) is 0 Å². The maximum Gasteiger partial charge on any atom is 0.317 e. The van der Waals surface area contributed by atoms with Crippen LogP contribution in [-0.4, -0.2) is 57.9 Å². The van der Waals surface area contributed by atoms with Gasteiger partial charge in [0.2, 0.25) is 0 Å². The molecular formula is C21H27N3O3. The molecule has 1 aliphatic rings. The van der Waals surface area contributed by atoms with Crippen LogP contribution in [0.25, 0.3) is 0 Å². The highest BCUT2D eigenvalue weighted by molar-refractivity contribution is 5.74. The van der Waals surface area contributed by atoms with E-state index in [0.29, 0.717) is 6.54 Å². The zero-order valence-corrected chi connectivity index (χ0v) is 16.0. The largest absolute Gasteiger partial charge is 0.497 e. The molecule has 0 spiro atoms. The van der Waals surface area contributed by atoms with E-state index < -0.39 is 0 Å². The van der Waals surface area contributed by atoms with Crippen LogP contribution in [0, 0.1) is 0 Å². The van der Waals surface area contributed by atoms with Gasteiger partial charge in [-0.2, -0.15) is 0 Å². The van der Waals surface area contributed by atoms with Crippen molar-refractivity contribution in [3.63, 3.8) is 0 Å². The van der Waals surface area contributed by atoms with E-state index in [1.165, 1.54) is 5.56 Å². The third kappa shape index (κ3) is 5.06. The van der Waals surface area contributed by atoms with Gasteiger partial charge in [-0.15, -0.1) is 0 Å². The number of benzene rings is 2. The lowest BCUT2D eigenvalue weighted by Crippen LogP contribution is -2.52. The first kappa shape index (κ1) is 18.9. The molecule has 0 aliphatic carbocycles. The van der Waals surface area contributed by atoms with Crippen LogP contribution in [0.5, 0.6) is 11.5 Å². The summed E-state index contributed by atoms with van der Waals surface area (Å²) in [5.74, 6) is 1.70. The molecule has 1 fully saturated rings. The van der Waals surface area contributed by atoms with Crippen molar-refractivity contribution in [2.24, 2.45) is 0 Å². The number of rotatable bonds is 6. The molecule has 2 aromatic rings. The molecule has 0 bridgehead atoms. The van der Waals surface area contributed by atoms with Gasteiger partial charge in [-0.25, -0.2) is 4.79 Å². The fourth-order valence-corrected chi connectivity index (χ4v) is 3.18. The van der Waals surface area contributed by atoms with Crippen LogP contribution in [0.4, 0.5) is 10.5 Å². The fraction of sp³-hybridized carbons (Fsp3) is 0.381. The molecule has 6 heteroatoms. The summed E-state index contributed by atoms with van der Waals surface area (Å²) < 4.78 is 10.4. The van der Waals surface area contributed by atoms with Crippen molar-refractivity contribution in [1.82, 2.24) is 10.2 Å². The lowest BCUT2D eigenvalue weighted by molar-refractivity contribution is 0.194. The number of methoxy groups -OCH3 is 2. The van der Waals surface area contributed by atoms with Gasteiger partial charge < -0.3 is 24.6 Å². The Labute approximate surface area is 160 Å². The lowest BCUT2D eigenvalue weighted by atomic mass is 10.1. The van der Waals surface area contributed by atoms with Crippen molar-refractivity contribution in [2.75, 3.05) is 51.8 Å². The molecule has 0 aromatic heterocycles. The lowest BCUT2D eigenvalue weighted by Gasteiger charge is -2.36. The van der Waals surface area contributed by atoms with Crippen LogP contribution in [0.1, 0.15) is 5.56 Å². The zero-order valence-electron chi connectivity index (χ0n) is 16.0. The van der Waals surface area contributed by atoms with Gasteiger partial charge in [0.1, 0.15) is 11.5 Å². The van der Waals surface area contributed by atoms with E-state index in [1.54, 1.807) is 14.2 Å².